The first-order valence-corrected chi connectivity index (χ1v) is 11.1. The third kappa shape index (κ3) is 10.6. The highest BCUT2D eigenvalue weighted by molar-refractivity contribution is 7.87. The van der Waals surface area contributed by atoms with E-state index in [4.69, 9.17) is 28.3 Å². The highest BCUT2D eigenvalue weighted by Gasteiger charge is 2.54. The van der Waals surface area contributed by atoms with E-state index in [2.05, 4.69) is 4.18 Å². The average Bonchev–Trinajstić information content (AvgIpc) is 2.71. The summed E-state index contributed by atoms with van der Waals surface area (Å²) in [6.45, 7) is 0. The lowest BCUT2D eigenvalue weighted by atomic mass is 10.1. The van der Waals surface area contributed by atoms with E-state index in [9.17, 15) is 56.7 Å². The molecular weight excluding hydrogens is 592 g/mol. The van der Waals surface area contributed by atoms with Crippen LogP contribution in [-0.4, -0.2) is 36.7 Å². The van der Waals surface area contributed by atoms with Crippen molar-refractivity contribution in [1.82, 2.24) is 0 Å². The molecule has 0 aliphatic heterocycles. The number of benzene rings is 2. The smallest absolute Gasteiger partial charge is 0.379 e. The molecule has 206 valence electrons. The number of alkyl halides is 11. The van der Waals surface area contributed by atoms with Crippen molar-refractivity contribution >= 4 is 33.3 Å². The van der Waals surface area contributed by atoms with Gasteiger partial charge in [-0.1, -0.05) is 36.4 Å². The van der Waals surface area contributed by atoms with E-state index < -0.39 is 62.9 Å². The molecule has 4 nitrogen and oxygen atoms in total. The van der Waals surface area contributed by atoms with Crippen LogP contribution in [0.15, 0.2) is 48.5 Å². The molecule has 2 aromatic rings. The molecule has 0 saturated carbocycles. The van der Waals surface area contributed by atoms with Crippen LogP contribution < -0.4 is 0 Å². The number of aliphatic hydroxyl groups is 1. The predicted molar refractivity (Wildman–Crippen MR) is 105 cm³/mol. The van der Waals surface area contributed by atoms with Crippen LogP contribution in [0.4, 0.5) is 48.3 Å². The van der Waals surface area contributed by atoms with Gasteiger partial charge in [0.15, 0.2) is 6.10 Å². The summed E-state index contributed by atoms with van der Waals surface area (Å²) in [6, 6.07) is 7.11. The Kier molecular flexibility index (Phi) is 12.9. The first kappa shape index (κ1) is 34.1. The molecule has 0 aliphatic carbocycles. The molecule has 0 fully saturated rings. The van der Waals surface area contributed by atoms with Crippen molar-refractivity contribution in [2.75, 3.05) is 5.34 Å². The Bertz CT molecular complexity index is 1060. The van der Waals surface area contributed by atoms with E-state index in [1.807, 2.05) is 0 Å². The van der Waals surface area contributed by atoms with Crippen LogP contribution in [0.5, 0.6) is 0 Å². The van der Waals surface area contributed by atoms with Crippen LogP contribution in [0, 0.1) is 11.6 Å². The molecule has 0 saturated heterocycles. The van der Waals surface area contributed by atoms with Gasteiger partial charge < -0.3 is 5.11 Å². The first-order valence-electron chi connectivity index (χ1n) is 8.62. The molecule has 0 bridgehead atoms. The highest BCUT2D eigenvalue weighted by atomic mass is 35.5. The second-order valence-corrected chi connectivity index (χ2v) is 8.38. The number of hydrogen-bond acceptors (Lipinski definition) is 4. The zero-order chi connectivity index (χ0) is 28.5. The fourth-order valence-electron chi connectivity index (χ4n) is 2.02. The van der Waals surface area contributed by atoms with Gasteiger partial charge in [-0.25, -0.2) is 13.0 Å². The molecule has 0 spiro atoms. The van der Waals surface area contributed by atoms with E-state index in [0.29, 0.717) is 12.1 Å². The van der Waals surface area contributed by atoms with E-state index >= 15 is 0 Å². The van der Waals surface area contributed by atoms with E-state index in [1.54, 1.807) is 0 Å². The van der Waals surface area contributed by atoms with Gasteiger partial charge in [-0.2, -0.15) is 47.9 Å². The molecule has 18 heteroatoms. The van der Waals surface area contributed by atoms with Crippen molar-refractivity contribution in [3.63, 3.8) is 0 Å². The molecule has 0 heterocycles. The molecule has 2 rings (SSSR count). The fourth-order valence-corrected chi connectivity index (χ4v) is 2.60. The monoisotopic (exact) mass is 604 g/mol. The van der Waals surface area contributed by atoms with Crippen LogP contribution in [0.3, 0.4) is 0 Å². The van der Waals surface area contributed by atoms with Crippen molar-refractivity contribution in [3.05, 3.63) is 71.3 Å². The van der Waals surface area contributed by atoms with Gasteiger partial charge in [0.25, 0.3) is 0 Å². The maximum atomic E-state index is 13.2. The molecule has 0 radical (unpaired) electrons. The molecular formula is C18H13Cl2F11O4S. The Hall–Kier alpha value is -1.88. The number of rotatable bonds is 4. The van der Waals surface area contributed by atoms with E-state index in [1.165, 1.54) is 12.1 Å². The summed E-state index contributed by atoms with van der Waals surface area (Å²) in [5.41, 5.74) is -8.18. The third-order valence-corrected chi connectivity index (χ3v) is 4.51. The summed E-state index contributed by atoms with van der Waals surface area (Å²) < 4.78 is 160. The summed E-state index contributed by atoms with van der Waals surface area (Å²) in [6.07, 6.45) is -16.7. The average molecular weight is 605 g/mol. The second kappa shape index (κ2) is 13.6. The van der Waals surface area contributed by atoms with Gasteiger partial charge in [0, 0.05) is 11.1 Å². The molecule has 2 atom stereocenters. The summed E-state index contributed by atoms with van der Waals surface area (Å²) >= 11 is 9.53. The minimum absolute atomic E-state index is 0.194. The van der Waals surface area contributed by atoms with E-state index in [0.717, 1.165) is 24.3 Å². The van der Waals surface area contributed by atoms with Crippen molar-refractivity contribution in [2.45, 2.75) is 30.1 Å². The zero-order valence-corrected chi connectivity index (χ0v) is 19.3. The molecule has 1 N–H and O–H groups in total. The molecule has 0 amide bonds. The fraction of sp³-hybridized carbons (Fsp3) is 0.333. The molecule has 2 unspecified atom stereocenters. The van der Waals surface area contributed by atoms with Crippen LogP contribution in [0.1, 0.15) is 23.3 Å². The van der Waals surface area contributed by atoms with Gasteiger partial charge >= 0.3 is 28.0 Å². The van der Waals surface area contributed by atoms with Crippen LogP contribution >= 0.6 is 23.2 Å². The molecule has 0 aliphatic rings. The molecule has 2 aromatic carbocycles. The number of hydrogen-bond donors (Lipinski definition) is 1. The summed E-state index contributed by atoms with van der Waals surface area (Å²) in [7, 11) is -6.53. The van der Waals surface area contributed by atoms with Gasteiger partial charge in [-0.3, -0.25) is 0 Å². The van der Waals surface area contributed by atoms with Crippen molar-refractivity contribution in [3.8, 4) is 0 Å². The van der Waals surface area contributed by atoms with Crippen LogP contribution in [-0.2, 0) is 14.3 Å². The lowest BCUT2D eigenvalue weighted by Crippen LogP contribution is -2.33. The Morgan fingerprint density at radius 1 is 0.750 bits per heavy atom. The highest BCUT2D eigenvalue weighted by Crippen LogP contribution is 2.40. The van der Waals surface area contributed by atoms with Gasteiger partial charge in [0.2, 0.25) is 6.10 Å². The second-order valence-electron chi connectivity index (χ2n) is 6.01. The van der Waals surface area contributed by atoms with Gasteiger partial charge in [0.1, 0.15) is 11.6 Å². The van der Waals surface area contributed by atoms with Crippen molar-refractivity contribution in [2.24, 2.45) is 0 Å². The summed E-state index contributed by atoms with van der Waals surface area (Å²) in [5, 5.41) is 8.87. The van der Waals surface area contributed by atoms with Gasteiger partial charge in [-0.15, -0.1) is 23.2 Å². The number of aliphatic hydroxyl groups excluding tert-OH is 1. The first-order chi connectivity index (χ1) is 16.2. The Labute approximate surface area is 206 Å². The topological polar surface area (TPSA) is 63.6 Å². The van der Waals surface area contributed by atoms with Crippen molar-refractivity contribution in [1.29, 1.82) is 0 Å². The third-order valence-electron chi connectivity index (χ3n) is 3.50. The predicted octanol–water partition coefficient (Wildman–Crippen LogP) is 7.14. The van der Waals surface area contributed by atoms with Crippen LogP contribution in [0.25, 0.3) is 0 Å². The Balaban J connectivity index is 0.000000657. The summed E-state index contributed by atoms with van der Waals surface area (Å²) in [5.74, 6) is -2.61. The van der Waals surface area contributed by atoms with Crippen molar-refractivity contribution < 1.29 is 66.0 Å². The minimum atomic E-state index is -6.53. The van der Waals surface area contributed by atoms with E-state index in [-0.39, 0.29) is 5.34 Å². The van der Waals surface area contributed by atoms with Gasteiger partial charge in [-0.05, 0) is 12.1 Å². The Morgan fingerprint density at radius 3 is 1.42 bits per heavy atom. The SMILES string of the molecule is ClCCl.O=S(=O)(OC(c1ccccc1F)C(F)(F)F)C(F)(F)F.OC(c1ccccc1F)C(F)(F)F. The minimum Gasteiger partial charge on any atom is -0.379 e. The lowest BCUT2D eigenvalue weighted by Gasteiger charge is -2.21. The lowest BCUT2D eigenvalue weighted by molar-refractivity contribution is -0.207. The number of halogens is 13. The summed E-state index contributed by atoms with van der Waals surface area (Å²) in [4.78, 5) is 0. The quantitative estimate of drug-likeness (QED) is 0.174. The normalized spacial score (nSPS) is 14.1. The van der Waals surface area contributed by atoms with Gasteiger partial charge in [0.05, 0.1) is 5.34 Å². The maximum absolute atomic E-state index is 13.2. The van der Waals surface area contributed by atoms with Crippen LogP contribution in [0.2, 0.25) is 0 Å². The Morgan fingerprint density at radius 2 is 1.11 bits per heavy atom. The standard InChI is InChI=1S/C9H5F7O3S.C8H6F4O.CH2Cl2/c10-6-4-2-1-3-5(6)7(8(11,12)13)19-20(17,18)9(14,15)16;9-6-4-2-1-3-5(6)7(13)8(10,11)12;2-1-3/h1-4,7H;1-4,7,13H;1H2. The molecule has 0 aromatic heterocycles. The largest absolute Gasteiger partial charge is 0.523 e. The zero-order valence-electron chi connectivity index (χ0n) is 17.0. The molecule has 36 heavy (non-hydrogen) atoms. The maximum Gasteiger partial charge on any atom is 0.523 e.